The molecule has 1 N–H and O–H groups in total. The fourth-order valence-electron chi connectivity index (χ4n) is 1.69. The third kappa shape index (κ3) is 2.55. The number of nitrogens with zero attached hydrogens (tertiary/aromatic N) is 1. The van der Waals surface area contributed by atoms with Crippen molar-refractivity contribution in [3.8, 4) is 0 Å². The molecule has 1 heterocycles. The van der Waals surface area contributed by atoms with E-state index in [9.17, 15) is 5.11 Å². The minimum Gasteiger partial charge on any atom is -0.391 e. The van der Waals surface area contributed by atoms with E-state index in [1.165, 1.54) is 5.57 Å². The summed E-state index contributed by atoms with van der Waals surface area (Å²) < 4.78 is 0. The molecule has 13 heavy (non-hydrogen) atoms. The first kappa shape index (κ1) is 10.7. The van der Waals surface area contributed by atoms with Crippen LogP contribution in [0.3, 0.4) is 0 Å². The summed E-state index contributed by atoms with van der Waals surface area (Å²) in [6, 6.07) is 0.271. The molecule has 76 valence electrons. The van der Waals surface area contributed by atoms with Crippen LogP contribution in [0.25, 0.3) is 0 Å². The largest absolute Gasteiger partial charge is 0.391 e. The van der Waals surface area contributed by atoms with Gasteiger partial charge in [-0.2, -0.15) is 0 Å². The van der Waals surface area contributed by atoms with E-state index < -0.39 is 0 Å². The highest BCUT2D eigenvalue weighted by atomic mass is 16.3. The molecule has 2 nitrogen and oxygen atoms in total. The summed E-state index contributed by atoms with van der Waals surface area (Å²) in [4.78, 5) is 2.19. The first-order valence-electron chi connectivity index (χ1n) is 5.09. The Morgan fingerprint density at radius 1 is 1.54 bits per heavy atom. The summed E-state index contributed by atoms with van der Waals surface area (Å²) in [5.74, 6) is 0.563. The van der Waals surface area contributed by atoms with Crippen molar-refractivity contribution in [1.82, 2.24) is 4.90 Å². The molecular formula is C11H21NO. The van der Waals surface area contributed by atoms with Crippen molar-refractivity contribution in [1.29, 1.82) is 0 Å². The maximum absolute atomic E-state index is 9.86. The summed E-state index contributed by atoms with van der Waals surface area (Å²) in [5, 5.41) is 9.86. The van der Waals surface area contributed by atoms with Crippen LogP contribution < -0.4 is 0 Å². The van der Waals surface area contributed by atoms with Gasteiger partial charge >= 0.3 is 0 Å². The molecule has 0 aromatic carbocycles. The zero-order chi connectivity index (χ0) is 10.0. The second-order valence-electron chi connectivity index (χ2n) is 4.39. The minimum absolute atomic E-state index is 0.207. The Morgan fingerprint density at radius 3 is 2.69 bits per heavy atom. The van der Waals surface area contributed by atoms with Crippen LogP contribution in [0.4, 0.5) is 0 Å². The molecule has 1 rings (SSSR count). The van der Waals surface area contributed by atoms with Crippen LogP contribution in [-0.4, -0.2) is 35.7 Å². The number of hydrogen-bond acceptors (Lipinski definition) is 2. The molecule has 0 aromatic rings. The molecule has 0 unspecified atom stereocenters. The molecule has 0 aromatic heterocycles. The smallest absolute Gasteiger partial charge is 0.0729 e. The van der Waals surface area contributed by atoms with E-state index in [4.69, 9.17) is 0 Å². The maximum atomic E-state index is 9.86. The van der Waals surface area contributed by atoms with E-state index in [0.29, 0.717) is 5.92 Å². The third-order valence-corrected chi connectivity index (χ3v) is 3.08. The van der Waals surface area contributed by atoms with Crippen molar-refractivity contribution in [3.05, 3.63) is 11.6 Å². The first-order chi connectivity index (χ1) is 6.02. The number of rotatable bonds is 1. The summed E-state index contributed by atoms with van der Waals surface area (Å²) >= 11 is 0. The monoisotopic (exact) mass is 183 g/mol. The lowest BCUT2D eigenvalue weighted by atomic mass is 9.96. The van der Waals surface area contributed by atoms with E-state index in [1.54, 1.807) is 0 Å². The van der Waals surface area contributed by atoms with Crippen LogP contribution in [0.15, 0.2) is 11.6 Å². The molecule has 1 aliphatic rings. The molecule has 2 atom stereocenters. The van der Waals surface area contributed by atoms with Gasteiger partial charge in [0, 0.05) is 12.6 Å². The van der Waals surface area contributed by atoms with Crippen LogP contribution >= 0.6 is 0 Å². The summed E-state index contributed by atoms with van der Waals surface area (Å²) in [6.45, 7) is 7.43. The van der Waals surface area contributed by atoms with Crippen molar-refractivity contribution < 1.29 is 5.11 Å². The summed E-state index contributed by atoms with van der Waals surface area (Å²) in [5.41, 5.74) is 1.39. The normalized spacial score (nSPS) is 31.7. The van der Waals surface area contributed by atoms with Gasteiger partial charge in [-0.1, -0.05) is 25.5 Å². The number of aliphatic hydroxyl groups is 1. The van der Waals surface area contributed by atoms with Gasteiger partial charge in [0.15, 0.2) is 0 Å². The average Bonchev–Trinajstić information content (AvgIpc) is 2.19. The number of hydrogen-bond donors (Lipinski definition) is 1. The molecule has 0 bridgehead atoms. The number of aliphatic hydroxyl groups excluding tert-OH is 1. The zero-order valence-electron chi connectivity index (χ0n) is 9.12. The predicted octanol–water partition coefficient (Wildman–Crippen LogP) is 1.65. The summed E-state index contributed by atoms with van der Waals surface area (Å²) in [6.07, 6.45) is 2.89. The highest BCUT2D eigenvalue weighted by Gasteiger charge is 2.23. The molecule has 0 radical (unpaired) electrons. The maximum Gasteiger partial charge on any atom is 0.0729 e. The fourth-order valence-corrected chi connectivity index (χ4v) is 1.69. The summed E-state index contributed by atoms with van der Waals surface area (Å²) in [7, 11) is 2.06. The second kappa shape index (κ2) is 4.25. The van der Waals surface area contributed by atoms with E-state index in [-0.39, 0.29) is 12.1 Å². The van der Waals surface area contributed by atoms with Crippen LogP contribution in [-0.2, 0) is 0 Å². The SMILES string of the molecule is CC(C)C1=CCN(C)[C@H](C)[C@@H](O)C1. The Bertz CT molecular complexity index is 198. The molecule has 2 heteroatoms. The van der Waals surface area contributed by atoms with Gasteiger partial charge in [-0.15, -0.1) is 0 Å². The average molecular weight is 183 g/mol. The third-order valence-electron chi connectivity index (χ3n) is 3.08. The lowest BCUT2D eigenvalue weighted by Gasteiger charge is -2.25. The Hall–Kier alpha value is -0.340. The number of likely N-dealkylation sites (N-methyl/N-ethyl adjacent to an activating group) is 1. The minimum atomic E-state index is -0.207. The first-order valence-corrected chi connectivity index (χ1v) is 5.09. The molecule has 0 saturated heterocycles. The van der Waals surface area contributed by atoms with Crippen molar-refractivity contribution in [2.24, 2.45) is 5.92 Å². The van der Waals surface area contributed by atoms with Gasteiger partial charge in [0.25, 0.3) is 0 Å². The molecule has 0 aliphatic carbocycles. The van der Waals surface area contributed by atoms with Gasteiger partial charge in [-0.05, 0) is 26.3 Å². The van der Waals surface area contributed by atoms with Gasteiger partial charge in [0.2, 0.25) is 0 Å². The van der Waals surface area contributed by atoms with Gasteiger partial charge in [-0.25, -0.2) is 0 Å². The molecule has 0 amide bonds. The zero-order valence-corrected chi connectivity index (χ0v) is 9.12. The Balaban J connectivity index is 2.71. The van der Waals surface area contributed by atoms with Gasteiger partial charge in [0.1, 0.15) is 0 Å². The Kier molecular flexibility index (Phi) is 3.51. The van der Waals surface area contributed by atoms with Crippen LogP contribution in [0.5, 0.6) is 0 Å². The molecular weight excluding hydrogens is 162 g/mol. The molecule has 0 spiro atoms. The van der Waals surface area contributed by atoms with Crippen molar-refractivity contribution >= 4 is 0 Å². The van der Waals surface area contributed by atoms with Gasteiger partial charge < -0.3 is 5.11 Å². The Labute approximate surface area is 81.2 Å². The van der Waals surface area contributed by atoms with Crippen LogP contribution in [0.2, 0.25) is 0 Å². The lowest BCUT2D eigenvalue weighted by Crippen LogP contribution is -2.37. The fraction of sp³-hybridized carbons (Fsp3) is 0.818. The van der Waals surface area contributed by atoms with Crippen molar-refractivity contribution in [3.63, 3.8) is 0 Å². The van der Waals surface area contributed by atoms with Crippen LogP contribution in [0.1, 0.15) is 27.2 Å². The Morgan fingerprint density at radius 2 is 2.15 bits per heavy atom. The van der Waals surface area contributed by atoms with E-state index in [2.05, 4.69) is 38.8 Å². The quantitative estimate of drug-likeness (QED) is 0.625. The molecule has 0 saturated carbocycles. The van der Waals surface area contributed by atoms with Gasteiger partial charge in [0.05, 0.1) is 6.10 Å². The second-order valence-corrected chi connectivity index (χ2v) is 4.39. The van der Waals surface area contributed by atoms with Crippen LogP contribution in [0, 0.1) is 5.92 Å². The highest BCUT2D eigenvalue weighted by Crippen LogP contribution is 2.22. The van der Waals surface area contributed by atoms with E-state index in [0.717, 1.165) is 13.0 Å². The molecule has 1 aliphatic heterocycles. The van der Waals surface area contributed by atoms with Gasteiger partial charge in [-0.3, -0.25) is 4.90 Å². The molecule has 0 fully saturated rings. The standard InChI is InChI=1S/C11H21NO/c1-8(2)10-5-6-12(4)9(3)11(13)7-10/h5,8-9,11,13H,6-7H2,1-4H3/t9-,11+/m1/s1. The predicted molar refractivity (Wildman–Crippen MR) is 55.6 cm³/mol. The van der Waals surface area contributed by atoms with Crippen molar-refractivity contribution in [2.45, 2.75) is 39.3 Å². The van der Waals surface area contributed by atoms with E-state index >= 15 is 0 Å². The lowest BCUT2D eigenvalue weighted by molar-refractivity contribution is 0.0830. The van der Waals surface area contributed by atoms with E-state index in [1.807, 2.05) is 0 Å². The topological polar surface area (TPSA) is 23.5 Å². The highest BCUT2D eigenvalue weighted by molar-refractivity contribution is 5.10. The van der Waals surface area contributed by atoms with Crippen molar-refractivity contribution in [2.75, 3.05) is 13.6 Å².